The van der Waals surface area contributed by atoms with Crippen molar-refractivity contribution in [2.45, 2.75) is 57.7 Å². The van der Waals surface area contributed by atoms with Crippen molar-refractivity contribution in [3.05, 3.63) is 24.3 Å². The third kappa shape index (κ3) is 3.80. The van der Waals surface area contributed by atoms with Gasteiger partial charge in [-0.2, -0.15) is 0 Å². The zero-order chi connectivity index (χ0) is 16.9. The number of rotatable bonds is 5. The minimum atomic E-state index is -0.372. The van der Waals surface area contributed by atoms with Gasteiger partial charge >= 0.3 is 6.03 Å². The Hall–Kier alpha value is -2.24. The summed E-state index contributed by atoms with van der Waals surface area (Å²) in [7, 11) is 0. The summed E-state index contributed by atoms with van der Waals surface area (Å²) in [5, 5.41) is 6.11. The van der Waals surface area contributed by atoms with Gasteiger partial charge in [-0.1, -0.05) is 19.3 Å². The quantitative estimate of drug-likeness (QED) is 0.870. The highest BCUT2D eigenvalue weighted by atomic mass is 16.5. The molecule has 0 aromatic heterocycles. The first-order chi connectivity index (χ1) is 11.7. The van der Waals surface area contributed by atoms with Gasteiger partial charge in [0.15, 0.2) is 0 Å². The molecule has 2 fully saturated rings. The SMILES string of the molecule is CCOc1ccc(NC2CC(=O)N(C3CCCCC3)C(=O)N2)cc1. The van der Waals surface area contributed by atoms with Crippen LogP contribution >= 0.6 is 0 Å². The highest BCUT2D eigenvalue weighted by Gasteiger charge is 2.37. The molecule has 1 aromatic rings. The minimum absolute atomic E-state index is 0.0673. The number of nitrogens with one attached hydrogen (secondary N) is 2. The van der Waals surface area contributed by atoms with Crippen LogP contribution in [0.25, 0.3) is 0 Å². The lowest BCUT2D eigenvalue weighted by Gasteiger charge is -2.38. The maximum atomic E-state index is 12.4. The third-order valence-corrected chi connectivity index (χ3v) is 4.61. The summed E-state index contributed by atoms with van der Waals surface area (Å²) in [6, 6.07) is 7.29. The van der Waals surface area contributed by atoms with E-state index >= 15 is 0 Å². The Morgan fingerprint density at radius 3 is 2.50 bits per heavy atom. The number of carbonyl (C=O) groups is 2. The summed E-state index contributed by atoms with van der Waals surface area (Å²) >= 11 is 0. The van der Waals surface area contributed by atoms with E-state index in [0.29, 0.717) is 6.61 Å². The number of ether oxygens (including phenoxy) is 1. The van der Waals surface area contributed by atoms with Crippen molar-refractivity contribution >= 4 is 17.6 Å². The minimum Gasteiger partial charge on any atom is -0.494 e. The Kier molecular flexibility index (Phi) is 5.23. The van der Waals surface area contributed by atoms with E-state index in [1.54, 1.807) is 0 Å². The van der Waals surface area contributed by atoms with E-state index in [2.05, 4.69) is 10.6 Å². The smallest absolute Gasteiger partial charge is 0.325 e. The fourth-order valence-corrected chi connectivity index (χ4v) is 3.47. The summed E-state index contributed by atoms with van der Waals surface area (Å²) in [4.78, 5) is 26.3. The van der Waals surface area contributed by atoms with Crippen LogP contribution in [0.4, 0.5) is 10.5 Å². The van der Waals surface area contributed by atoms with Crippen LogP contribution in [0.15, 0.2) is 24.3 Å². The summed E-state index contributed by atoms with van der Waals surface area (Å²) < 4.78 is 5.41. The highest BCUT2D eigenvalue weighted by molar-refractivity contribution is 5.98. The molecule has 2 aliphatic rings. The molecular weight excluding hydrogens is 306 g/mol. The molecule has 1 heterocycles. The van der Waals surface area contributed by atoms with E-state index in [1.807, 2.05) is 31.2 Å². The van der Waals surface area contributed by atoms with Crippen molar-refractivity contribution in [3.8, 4) is 5.75 Å². The molecule has 0 bridgehead atoms. The average molecular weight is 331 g/mol. The molecule has 1 saturated heterocycles. The van der Waals surface area contributed by atoms with Crippen LogP contribution < -0.4 is 15.4 Å². The van der Waals surface area contributed by atoms with E-state index in [1.165, 1.54) is 11.3 Å². The molecule has 0 radical (unpaired) electrons. The number of imide groups is 1. The van der Waals surface area contributed by atoms with E-state index < -0.39 is 0 Å². The predicted molar refractivity (Wildman–Crippen MR) is 91.9 cm³/mol. The number of hydrogen-bond acceptors (Lipinski definition) is 4. The first kappa shape index (κ1) is 16.6. The summed E-state index contributed by atoms with van der Waals surface area (Å²) in [5.74, 6) is 0.712. The van der Waals surface area contributed by atoms with Gasteiger partial charge in [0.2, 0.25) is 5.91 Å². The van der Waals surface area contributed by atoms with Crippen LogP contribution in [0.3, 0.4) is 0 Å². The number of amides is 3. The topological polar surface area (TPSA) is 70.7 Å². The standard InChI is InChI=1S/C18H25N3O3/c1-2-24-15-10-8-13(9-11-15)19-16-12-17(22)21(18(23)20-16)14-6-4-3-5-7-14/h8-11,14,16,19H,2-7,12H2,1H3,(H,20,23). The van der Waals surface area contributed by atoms with Gasteiger partial charge in [0.05, 0.1) is 13.0 Å². The van der Waals surface area contributed by atoms with Crippen molar-refractivity contribution in [3.63, 3.8) is 0 Å². The molecule has 1 atom stereocenters. The molecule has 1 aliphatic heterocycles. The molecule has 3 rings (SSSR count). The van der Waals surface area contributed by atoms with Gasteiger partial charge in [-0.15, -0.1) is 0 Å². The van der Waals surface area contributed by atoms with Crippen molar-refractivity contribution in [1.82, 2.24) is 10.2 Å². The second-order valence-electron chi connectivity index (χ2n) is 6.36. The predicted octanol–water partition coefficient (Wildman–Crippen LogP) is 3.10. The largest absolute Gasteiger partial charge is 0.494 e. The Morgan fingerprint density at radius 1 is 1.17 bits per heavy atom. The lowest BCUT2D eigenvalue weighted by atomic mass is 9.93. The van der Waals surface area contributed by atoms with Gasteiger partial charge in [-0.05, 0) is 44.0 Å². The molecule has 3 amide bonds. The lowest BCUT2D eigenvalue weighted by Crippen LogP contribution is -2.60. The molecule has 24 heavy (non-hydrogen) atoms. The van der Waals surface area contributed by atoms with Crippen molar-refractivity contribution in [1.29, 1.82) is 0 Å². The Bertz CT molecular complexity index is 564. The Morgan fingerprint density at radius 2 is 1.88 bits per heavy atom. The van der Waals surface area contributed by atoms with Crippen molar-refractivity contribution in [2.24, 2.45) is 0 Å². The average Bonchev–Trinajstić information content (AvgIpc) is 2.57. The molecule has 1 aromatic carbocycles. The van der Waals surface area contributed by atoms with Gasteiger partial charge in [0.25, 0.3) is 0 Å². The maximum Gasteiger partial charge on any atom is 0.325 e. The summed E-state index contributed by atoms with van der Waals surface area (Å²) in [5.41, 5.74) is 0.850. The van der Waals surface area contributed by atoms with Gasteiger partial charge in [-0.3, -0.25) is 9.69 Å². The zero-order valence-electron chi connectivity index (χ0n) is 14.1. The second kappa shape index (κ2) is 7.55. The van der Waals surface area contributed by atoms with Crippen LogP contribution in [0.2, 0.25) is 0 Å². The highest BCUT2D eigenvalue weighted by Crippen LogP contribution is 2.25. The van der Waals surface area contributed by atoms with Crippen LogP contribution in [0, 0.1) is 0 Å². The van der Waals surface area contributed by atoms with E-state index in [-0.39, 0.29) is 30.6 Å². The van der Waals surface area contributed by atoms with E-state index in [0.717, 1.165) is 37.1 Å². The Balaban J connectivity index is 1.59. The van der Waals surface area contributed by atoms with Gasteiger partial charge in [-0.25, -0.2) is 4.79 Å². The molecule has 0 spiro atoms. The van der Waals surface area contributed by atoms with Crippen molar-refractivity contribution in [2.75, 3.05) is 11.9 Å². The van der Waals surface area contributed by atoms with Gasteiger partial charge < -0.3 is 15.4 Å². The van der Waals surface area contributed by atoms with Crippen LogP contribution in [0.5, 0.6) is 5.75 Å². The maximum absolute atomic E-state index is 12.4. The number of carbonyl (C=O) groups excluding carboxylic acids is 2. The fraction of sp³-hybridized carbons (Fsp3) is 0.556. The van der Waals surface area contributed by atoms with Crippen LogP contribution in [0.1, 0.15) is 45.4 Å². The molecule has 6 heteroatoms. The van der Waals surface area contributed by atoms with Crippen LogP contribution in [-0.4, -0.2) is 35.7 Å². The summed E-state index contributed by atoms with van der Waals surface area (Å²) in [6.07, 6.45) is 5.14. The normalized spacial score (nSPS) is 22.2. The first-order valence-electron chi connectivity index (χ1n) is 8.79. The molecule has 1 unspecified atom stereocenters. The number of benzene rings is 1. The number of nitrogens with zero attached hydrogens (tertiary/aromatic N) is 1. The van der Waals surface area contributed by atoms with E-state index in [9.17, 15) is 9.59 Å². The Labute approximate surface area is 142 Å². The molecule has 2 N–H and O–H groups in total. The first-order valence-corrected chi connectivity index (χ1v) is 8.79. The van der Waals surface area contributed by atoms with Gasteiger partial charge in [0.1, 0.15) is 11.9 Å². The fourth-order valence-electron chi connectivity index (χ4n) is 3.47. The summed E-state index contributed by atoms with van der Waals surface area (Å²) in [6.45, 7) is 2.56. The number of urea groups is 1. The van der Waals surface area contributed by atoms with E-state index in [4.69, 9.17) is 4.74 Å². The second-order valence-corrected chi connectivity index (χ2v) is 6.36. The lowest BCUT2D eigenvalue weighted by molar-refractivity contribution is -0.132. The molecule has 1 saturated carbocycles. The molecule has 130 valence electrons. The van der Waals surface area contributed by atoms with Crippen molar-refractivity contribution < 1.29 is 14.3 Å². The molecular formula is C18H25N3O3. The zero-order valence-corrected chi connectivity index (χ0v) is 14.1. The third-order valence-electron chi connectivity index (χ3n) is 4.61. The van der Waals surface area contributed by atoms with Crippen LogP contribution in [-0.2, 0) is 4.79 Å². The number of anilines is 1. The monoisotopic (exact) mass is 331 g/mol. The molecule has 6 nitrogen and oxygen atoms in total. The molecule has 1 aliphatic carbocycles. The number of hydrogen-bond donors (Lipinski definition) is 2. The van der Waals surface area contributed by atoms with Gasteiger partial charge in [0, 0.05) is 11.7 Å².